The molecule has 2 aliphatic heterocycles. The van der Waals surface area contributed by atoms with Gasteiger partial charge in [-0.25, -0.2) is 4.79 Å². The predicted molar refractivity (Wildman–Crippen MR) is 116 cm³/mol. The second-order valence-corrected chi connectivity index (χ2v) is 9.77. The van der Waals surface area contributed by atoms with Crippen LogP contribution in [0.1, 0.15) is 54.4 Å². The molecule has 1 amide bonds. The SMILES string of the molecule is CN=C(NCC1CCN(C)CC1)NCC1C(C)OC(C)(C)N1C(=O)OC(C)(C)C. The van der Waals surface area contributed by atoms with Crippen molar-refractivity contribution < 1.29 is 14.3 Å². The average Bonchev–Trinajstić information content (AvgIpc) is 2.83. The highest BCUT2D eigenvalue weighted by Gasteiger charge is 2.49. The molecule has 0 aliphatic carbocycles. The van der Waals surface area contributed by atoms with Gasteiger partial charge >= 0.3 is 6.09 Å². The van der Waals surface area contributed by atoms with E-state index in [1.165, 1.54) is 12.8 Å². The Hall–Kier alpha value is -1.54. The maximum absolute atomic E-state index is 12.9. The van der Waals surface area contributed by atoms with Crippen LogP contribution >= 0.6 is 0 Å². The lowest BCUT2D eigenvalue weighted by molar-refractivity contribution is -0.0755. The summed E-state index contributed by atoms with van der Waals surface area (Å²) in [5.74, 6) is 1.42. The molecular weight excluding hydrogens is 370 g/mol. The van der Waals surface area contributed by atoms with E-state index in [1.807, 2.05) is 41.5 Å². The number of likely N-dealkylation sites (tertiary alicyclic amines) is 1. The smallest absolute Gasteiger partial charge is 0.412 e. The molecule has 2 N–H and O–H groups in total. The number of amides is 1. The summed E-state index contributed by atoms with van der Waals surface area (Å²) < 4.78 is 11.7. The highest BCUT2D eigenvalue weighted by atomic mass is 16.6. The molecule has 2 unspecified atom stereocenters. The Morgan fingerprint density at radius 1 is 1.21 bits per heavy atom. The molecule has 2 heterocycles. The van der Waals surface area contributed by atoms with Gasteiger partial charge in [0.05, 0.1) is 12.1 Å². The minimum absolute atomic E-state index is 0.114. The first kappa shape index (κ1) is 23.7. The molecular formula is C21H41N5O3. The van der Waals surface area contributed by atoms with E-state index in [0.29, 0.717) is 12.5 Å². The molecule has 8 heteroatoms. The summed E-state index contributed by atoms with van der Waals surface area (Å²) >= 11 is 0. The number of carbonyl (C=O) groups is 1. The number of nitrogens with one attached hydrogen (secondary N) is 2. The van der Waals surface area contributed by atoms with Gasteiger partial charge in [0.1, 0.15) is 11.3 Å². The number of aliphatic imine (C=N–C) groups is 1. The highest BCUT2D eigenvalue weighted by Crippen LogP contribution is 2.33. The van der Waals surface area contributed by atoms with Crippen molar-refractivity contribution >= 4 is 12.1 Å². The largest absolute Gasteiger partial charge is 0.444 e. The third kappa shape index (κ3) is 6.74. The lowest BCUT2D eigenvalue weighted by Gasteiger charge is -2.35. The van der Waals surface area contributed by atoms with Crippen molar-refractivity contribution in [2.75, 3.05) is 40.3 Å². The van der Waals surface area contributed by atoms with Crippen LogP contribution in [0.5, 0.6) is 0 Å². The van der Waals surface area contributed by atoms with Crippen molar-refractivity contribution in [2.24, 2.45) is 10.9 Å². The number of carbonyl (C=O) groups excluding carboxylic acids is 1. The summed E-state index contributed by atoms with van der Waals surface area (Å²) in [5.41, 5.74) is -1.28. The average molecular weight is 412 g/mol. The van der Waals surface area contributed by atoms with Crippen LogP contribution in [0.25, 0.3) is 0 Å². The van der Waals surface area contributed by atoms with Gasteiger partial charge in [-0.1, -0.05) is 0 Å². The topological polar surface area (TPSA) is 78.4 Å². The lowest BCUT2D eigenvalue weighted by atomic mass is 9.97. The van der Waals surface area contributed by atoms with Gasteiger partial charge in [0.15, 0.2) is 5.96 Å². The molecule has 0 bridgehead atoms. The lowest BCUT2D eigenvalue weighted by Crippen LogP contribution is -2.54. The minimum atomic E-state index is -0.723. The minimum Gasteiger partial charge on any atom is -0.444 e. The van der Waals surface area contributed by atoms with Gasteiger partial charge in [-0.05, 0) is 80.4 Å². The number of nitrogens with zero attached hydrogens (tertiary/aromatic N) is 3. The van der Waals surface area contributed by atoms with E-state index in [9.17, 15) is 4.79 Å². The van der Waals surface area contributed by atoms with Crippen LogP contribution in [-0.4, -0.2) is 85.6 Å². The second-order valence-electron chi connectivity index (χ2n) is 9.77. The number of guanidine groups is 1. The van der Waals surface area contributed by atoms with Gasteiger partial charge in [-0.2, -0.15) is 0 Å². The molecule has 29 heavy (non-hydrogen) atoms. The van der Waals surface area contributed by atoms with E-state index < -0.39 is 11.3 Å². The van der Waals surface area contributed by atoms with Crippen molar-refractivity contribution in [2.45, 2.75) is 77.9 Å². The molecule has 0 aromatic heterocycles. The third-order valence-electron chi connectivity index (χ3n) is 5.62. The van der Waals surface area contributed by atoms with Crippen LogP contribution in [0.4, 0.5) is 4.79 Å². The molecule has 2 saturated heterocycles. The number of hydrogen-bond donors (Lipinski definition) is 2. The molecule has 0 saturated carbocycles. The van der Waals surface area contributed by atoms with Crippen molar-refractivity contribution in [1.29, 1.82) is 0 Å². The van der Waals surface area contributed by atoms with E-state index in [1.54, 1.807) is 11.9 Å². The van der Waals surface area contributed by atoms with Crippen molar-refractivity contribution in [3.63, 3.8) is 0 Å². The van der Waals surface area contributed by atoms with E-state index >= 15 is 0 Å². The molecule has 2 atom stereocenters. The number of piperidine rings is 1. The first-order valence-electron chi connectivity index (χ1n) is 10.8. The third-order valence-corrected chi connectivity index (χ3v) is 5.62. The van der Waals surface area contributed by atoms with Gasteiger partial charge in [-0.3, -0.25) is 9.89 Å². The quantitative estimate of drug-likeness (QED) is 0.546. The summed E-state index contributed by atoms with van der Waals surface area (Å²) in [6.45, 7) is 15.2. The van der Waals surface area contributed by atoms with E-state index in [2.05, 4.69) is 27.6 Å². The second kappa shape index (κ2) is 9.51. The Labute approximate surface area is 176 Å². The van der Waals surface area contributed by atoms with Crippen LogP contribution in [-0.2, 0) is 9.47 Å². The van der Waals surface area contributed by atoms with Crippen LogP contribution in [0.15, 0.2) is 4.99 Å². The molecule has 0 aromatic carbocycles. The molecule has 2 fully saturated rings. The molecule has 2 aliphatic rings. The monoisotopic (exact) mass is 411 g/mol. The van der Waals surface area contributed by atoms with Crippen molar-refractivity contribution in [3.05, 3.63) is 0 Å². The number of hydrogen-bond acceptors (Lipinski definition) is 5. The van der Waals surface area contributed by atoms with Gasteiger partial charge in [0, 0.05) is 20.1 Å². The highest BCUT2D eigenvalue weighted by molar-refractivity contribution is 5.79. The first-order valence-corrected chi connectivity index (χ1v) is 10.8. The summed E-state index contributed by atoms with van der Waals surface area (Å²) in [7, 11) is 3.95. The molecule has 2 rings (SSSR count). The van der Waals surface area contributed by atoms with Gasteiger partial charge in [0.25, 0.3) is 0 Å². The van der Waals surface area contributed by atoms with Gasteiger partial charge in [-0.15, -0.1) is 0 Å². The Morgan fingerprint density at radius 3 is 2.34 bits per heavy atom. The maximum atomic E-state index is 12.9. The van der Waals surface area contributed by atoms with E-state index in [0.717, 1.165) is 25.6 Å². The normalized spacial score (nSPS) is 26.5. The fraction of sp³-hybridized carbons (Fsp3) is 0.905. The van der Waals surface area contributed by atoms with Crippen molar-refractivity contribution in [1.82, 2.24) is 20.4 Å². The number of ether oxygens (including phenoxy) is 2. The molecule has 168 valence electrons. The Balaban J connectivity index is 1.93. The van der Waals surface area contributed by atoms with E-state index in [-0.39, 0.29) is 18.2 Å². The van der Waals surface area contributed by atoms with Crippen LogP contribution in [0.3, 0.4) is 0 Å². The summed E-state index contributed by atoms with van der Waals surface area (Å²) in [4.78, 5) is 21.3. The molecule has 0 aromatic rings. The maximum Gasteiger partial charge on any atom is 0.412 e. The summed E-state index contributed by atoms with van der Waals surface area (Å²) in [6, 6.07) is -0.151. The van der Waals surface area contributed by atoms with E-state index in [4.69, 9.17) is 9.47 Å². The molecule has 0 spiro atoms. The zero-order valence-corrected chi connectivity index (χ0v) is 19.5. The zero-order chi connectivity index (χ0) is 21.8. The summed E-state index contributed by atoms with van der Waals surface area (Å²) in [6.07, 6.45) is 1.94. The Bertz CT molecular complexity index is 579. The van der Waals surface area contributed by atoms with Crippen LogP contribution < -0.4 is 10.6 Å². The number of rotatable bonds is 4. The predicted octanol–water partition coefficient (Wildman–Crippen LogP) is 2.25. The fourth-order valence-corrected chi connectivity index (χ4v) is 4.05. The van der Waals surface area contributed by atoms with Gasteiger partial charge in [0.2, 0.25) is 0 Å². The van der Waals surface area contributed by atoms with Crippen LogP contribution in [0.2, 0.25) is 0 Å². The Kier molecular flexibility index (Phi) is 7.79. The zero-order valence-electron chi connectivity index (χ0n) is 19.5. The first-order chi connectivity index (χ1) is 13.4. The standard InChI is InChI=1S/C21H41N5O3/c1-15-17(26(21(5,6)28-15)19(27)29-20(2,3)4)14-24-18(22-7)23-13-16-9-11-25(8)12-10-16/h15-17H,9-14H2,1-8H3,(H2,22,23,24). The molecule has 8 nitrogen and oxygen atoms in total. The summed E-state index contributed by atoms with van der Waals surface area (Å²) in [5, 5.41) is 6.82. The fourth-order valence-electron chi connectivity index (χ4n) is 4.05. The van der Waals surface area contributed by atoms with Crippen LogP contribution in [0, 0.1) is 5.92 Å². The molecule has 0 radical (unpaired) electrons. The van der Waals surface area contributed by atoms with Gasteiger partial charge < -0.3 is 25.0 Å². The Morgan fingerprint density at radius 2 is 1.79 bits per heavy atom. The van der Waals surface area contributed by atoms with Crippen molar-refractivity contribution in [3.8, 4) is 0 Å².